The first kappa shape index (κ1) is 23.6. The molecule has 1 aromatic heterocycles. The Bertz CT molecular complexity index is 1480. The van der Waals surface area contributed by atoms with Gasteiger partial charge in [0.2, 0.25) is 6.79 Å². The van der Waals surface area contributed by atoms with E-state index in [0.717, 1.165) is 34.1 Å². The topological polar surface area (TPSA) is 72.8 Å². The number of carbonyl (C=O) groups is 2. The number of nitrogens with zero attached hydrogens (tertiary/aromatic N) is 2. The van der Waals surface area contributed by atoms with Gasteiger partial charge in [0.15, 0.2) is 16.6 Å². The molecular formula is C25H18F3N3O4S. The van der Waals surface area contributed by atoms with Gasteiger partial charge < -0.3 is 14.0 Å². The van der Waals surface area contributed by atoms with Crippen LogP contribution in [-0.2, 0) is 15.8 Å². The number of thiocarbonyl (C=S) groups is 1. The minimum atomic E-state index is -4.61. The van der Waals surface area contributed by atoms with Crippen molar-refractivity contribution < 1.29 is 32.2 Å². The van der Waals surface area contributed by atoms with Crippen LogP contribution in [0.4, 0.5) is 18.9 Å². The lowest BCUT2D eigenvalue weighted by Gasteiger charge is -2.29. The van der Waals surface area contributed by atoms with E-state index in [1.54, 1.807) is 12.1 Å². The van der Waals surface area contributed by atoms with Gasteiger partial charge in [0, 0.05) is 23.1 Å². The number of fused-ring (bicyclic) bond motifs is 1. The average Bonchev–Trinajstić information content (AvgIpc) is 3.39. The molecule has 2 aliphatic heterocycles. The largest absolute Gasteiger partial charge is 0.454 e. The Balaban J connectivity index is 1.53. The number of anilines is 1. The molecule has 2 aliphatic rings. The number of nitrogens with one attached hydrogen (secondary N) is 1. The van der Waals surface area contributed by atoms with Gasteiger partial charge in [-0.2, -0.15) is 13.2 Å². The maximum absolute atomic E-state index is 13.3. The summed E-state index contributed by atoms with van der Waals surface area (Å²) in [5.74, 6) is -0.317. The van der Waals surface area contributed by atoms with Crippen LogP contribution in [0.15, 0.2) is 54.1 Å². The lowest BCUT2D eigenvalue weighted by molar-refractivity contribution is -0.137. The van der Waals surface area contributed by atoms with Crippen LogP contribution in [0.3, 0.4) is 0 Å². The first-order chi connectivity index (χ1) is 17.0. The van der Waals surface area contributed by atoms with Gasteiger partial charge in [-0.1, -0.05) is 6.07 Å². The number of aromatic nitrogens is 1. The van der Waals surface area contributed by atoms with Crippen LogP contribution in [0, 0.1) is 13.8 Å². The second-order valence-corrected chi connectivity index (χ2v) is 8.59. The van der Waals surface area contributed by atoms with Gasteiger partial charge in [0.25, 0.3) is 11.8 Å². The molecule has 2 aromatic carbocycles. The summed E-state index contributed by atoms with van der Waals surface area (Å²) in [6.07, 6.45) is -3.20. The fourth-order valence-electron chi connectivity index (χ4n) is 4.22. The van der Waals surface area contributed by atoms with E-state index < -0.39 is 23.6 Å². The van der Waals surface area contributed by atoms with Crippen LogP contribution in [0.1, 0.15) is 22.5 Å². The highest BCUT2D eigenvalue weighted by Crippen LogP contribution is 2.36. The van der Waals surface area contributed by atoms with E-state index in [2.05, 4.69) is 5.32 Å². The second kappa shape index (κ2) is 8.52. The van der Waals surface area contributed by atoms with Gasteiger partial charge in [-0.05, 0) is 74.1 Å². The van der Waals surface area contributed by atoms with Crippen LogP contribution >= 0.6 is 12.2 Å². The second-order valence-electron chi connectivity index (χ2n) is 8.21. The zero-order valence-electron chi connectivity index (χ0n) is 19.0. The molecule has 0 radical (unpaired) electrons. The van der Waals surface area contributed by atoms with Crippen molar-refractivity contribution in [2.24, 2.45) is 0 Å². The molecule has 0 aliphatic carbocycles. The minimum absolute atomic E-state index is 0.100. The van der Waals surface area contributed by atoms with Gasteiger partial charge in [-0.15, -0.1) is 0 Å². The van der Waals surface area contributed by atoms with Gasteiger partial charge in [0.05, 0.1) is 11.3 Å². The number of halogens is 3. The number of hydrogen-bond donors (Lipinski definition) is 1. The summed E-state index contributed by atoms with van der Waals surface area (Å²) in [5.41, 5.74) is 1.64. The predicted molar refractivity (Wildman–Crippen MR) is 129 cm³/mol. The highest BCUT2D eigenvalue weighted by Gasteiger charge is 2.37. The molecule has 2 amide bonds. The molecule has 0 unspecified atom stereocenters. The van der Waals surface area contributed by atoms with Gasteiger partial charge in [-0.25, -0.2) is 0 Å². The summed E-state index contributed by atoms with van der Waals surface area (Å²) in [5, 5.41) is 2.10. The maximum atomic E-state index is 13.3. The molecule has 7 nitrogen and oxygen atoms in total. The summed E-state index contributed by atoms with van der Waals surface area (Å²) in [7, 11) is 0. The molecule has 184 valence electrons. The van der Waals surface area contributed by atoms with E-state index in [9.17, 15) is 22.8 Å². The van der Waals surface area contributed by atoms with Gasteiger partial charge in [-0.3, -0.25) is 19.8 Å². The minimum Gasteiger partial charge on any atom is -0.454 e. The third kappa shape index (κ3) is 4.01. The molecule has 1 N–H and O–H groups in total. The molecule has 0 saturated carbocycles. The van der Waals surface area contributed by atoms with E-state index in [0.29, 0.717) is 17.1 Å². The van der Waals surface area contributed by atoms with Crippen molar-refractivity contribution in [2.75, 3.05) is 11.7 Å². The molecule has 0 atom stereocenters. The van der Waals surface area contributed by atoms with Crippen molar-refractivity contribution in [3.63, 3.8) is 0 Å². The molecule has 11 heteroatoms. The molecule has 3 heterocycles. The van der Waals surface area contributed by atoms with Crippen molar-refractivity contribution in [1.82, 2.24) is 9.88 Å². The molecule has 0 spiro atoms. The fraction of sp³-hybridized carbons (Fsp3) is 0.160. The van der Waals surface area contributed by atoms with Crippen LogP contribution in [0.5, 0.6) is 11.5 Å². The van der Waals surface area contributed by atoms with Crippen LogP contribution in [0.2, 0.25) is 0 Å². The Morgan fingerprint density at radius 3 is 2.50 bits per heavy atom. The molecule has 0 bridgehead atoms. The number of alkyl halides is 3. The third-order valence-corrected chi connectivity index (χ3v) is 6.20. The number of aryl methyl sites for hydroxylation is 1. The van der Waals surface area contributed by atoms with E-state index in [1.165, 1.54) is 18.2 Å². The number of hydrogen-bond acceptors (Lipinski definition) is 5. The van der Waals surface area contributed by atoms with E-state index >= 15 is 0 Å². The number of benzene rings is 2. The van der Waals surface area contributed by atoms with Gasteiger partial charge in [0.1, 0.15) is 5.57 Å². The number of rotatable bonds is 3. The highest BCUT2D eigenvalue weighted by molar-refractivity contribution is 7.80. The first-order valence-corrected chi connectivity index (χ1v) is 11.1. The lowest BCUT2D eigenvalue weighted by atomic mass is 10.1. The predicted octanol–water partition coefficient (Wildman–Crippen LogP) is 4.67. The molecular weight excluding hydrogens is 495 g/mol. The summed E-state index contributed by atoms with van der Waals surface area (Å²) in [4.78, 5) is 26.9. The SMILES string of the molecule is Cc1cc(/C=C2\C(=O)NC(=S)N(c3cccc(C(F)(F)F)c3)C2=O)c(C)n1-c1ccc2c(c1)OCO2. The zero-order chi connectivity index (χ0) is 25.8. The number of ether oxygens (including phenoxy) is 2. The van der Waals surface area contributed by atoms with Gasteiger partial charge >= 0.3 is 6.18 Å². The van der Waals surface area contributed by atoms with Crippen molar-refractivity contribution >= 4 is 40.9 Å². The lowest BCUT2D eigenvalue weighted by Crippen LogP contribution is -2.54. The van der Waals surface area contributed by atoms with E-state index in [1.807, 2.05) is 30.5 Å². The Kier molecular flexibility index (Phi) is 5.59. The highest BCUT2D eigenvalue weighted by atomic mass is 32.1. The van der Waals surface area contributed by atoms with Crippen LogP contribution in [-0.4, -0.2) is 28.3 Å². The van der Waals surface area contributed by atoms with Crippen molar-refractivity contribution in [2.45, 2.75) is 20.0 Å². The number of carbonyl (C=O) groups excluding carboxylic acids is 2. The maximum Gasteiger partial charge on any atom is 0.416 e. The Morgan fingerprint density at radius 2 is 1.75 bits per heavy atom. The Labute approximate surface area is 208 Å². The van der Waals surface area contributed by atoms with Crippen molar-refractivity contribution in [3.8, 4) is 17.2 Å². The van der Waals surface area contributed by atoms with Crippen molar-refractivity contribution in [1.29, 1.82) is 0 Å². The molecule has 1 saturated heterocycles. The number of amides is 2. The monoisotopic (exact) mass is 513 g/mol. The average molecular weight is 513 g/mol. The quantitative estimate of drug-likeness (QED) is 0.313. The molecule has 36 heavy (non-hydrogen) atoms. The summed E-state index contributed by atoms with van der Waals surface area (Å²) in [6.45, 7) is 3.83. The van der Waals surface area contributed by atoms with Crippen LogP contribution < -0.4 is 19.7 Å². The molecule has 3 aromatic rings. The Morgan fingerprint density at radius 1 is 1.00 bits per heavy atom. The molecule has 1 fully saturated rings. The summed E-state index contributed by atoms with van der Waals surface area (Å²) >= 11 is 5.11. The zero-order valence-corrected chi connectivity index (χ0v) is 19.8. The fourth-order valence-corrected chi connectivity index (χ4v) is 4.51. The Hall–Kier alpha value is -4.12. The standard InChI is InChI=1S/C25H18F3N3O4S/c1-13-8-15(14(2)30(13)18-6-7-20-21(11-18)35-12-34-20)9-19-22(32)29-24(36)31(23(19)33)17-5-3-4-16(10-17)25(26,27)28/h3-11H,12H2,1-2H3,(H,29,32,36)/b19-9+. The smallest absolute Gasteiger partial charge is 0.416 e. The molecule has 5 rings (SSSR count). The summed E-state index contributed by atoms with van der Waals surface area (Å²) in [6, 6.07) is 11.5. The third-order valence-electron chi connectivity index (χ3n) is 5.92. The normalized spacial score (nSPS) is 16.6. The van der Waals surface area contributed by atoms with E-state index in [-0.39, 0.29) is 23.2 Å². The van der Waals surface area contributed by atoms with E-state index in [4.69, 9.17) is 21.7 Å². The van der Waals surface area contributed by atoms with Crippen molar-refractivity contribution in [3.05, 3.63) is 76.6 Å². The summed E-state index contributed by atoms with van der Waals surface area (Å²) < 4.78 is 52.4. The van der Waals surface area contributed by atoms with Crippen LogP contribution in [0.25, 0.3) is 11.8 Å². The first-order valence-electron chi connectivity index (χ1n) is 10.7.